The van der Waals surface area contributed by atoms with Gasteiger partial charge in [0, 0.05) is 28.8 Å². The van der Waals surface area contributed by atoms with E-state index in [2.05, 4.69) is 53.7 Å². The molecule has 0 aromatic heterocycles. The molecular weight excluding hydrogens is 314 g/mol. The van der Waals surface area contributed by atoms with E-state index in [4.69, 9.17) is 0 Å². The molecule has 2 rings (SSSR count). The first kappa shape index (κ1) is 15.8. The summed E-state index contributed by atoms with van der Waals surface area (Å²) in [4.78, 5) is 2.43. The predicted molar refractivity (Wildman–Crippen MR) is 89.2 cm³/mol. The molecule has 1 aromatic rings. The molecule has 1 unspecified atom stereocenters. The van der Waals surface area contributed by atoms with Gasteiger partial charge in [0.1, 0.15) is 0 Å². The van der Waals surface area contributed by atoms with Gasteiger partial charge in [-0.1, -0.05) is 36.7 Å². The predicted octanol–water partition coefficient (Wildman–Crippen LogP) is 4.76. The van der Waals surface area contributed by atoms with E-state index in [9.17, 15) is 5.11 Å². The summed E-state index contributed by atoms with van der Waals surface area (Å²) in [7, 11) is 0. The van der Waals surface area contributed by atoms with Crippen LogP contribution in [0, 0.1) is 11.3 Å². The van der Waals surface area contributed by atoms with Crippen molar-refractivity contribution in [2.24, 2.45) is 11.3 Å². The minimum absolute atomic E-state index is 0.402. The number of rotatable bonds is 2. The van der Waals surface area contributed by atoms with Crippen LogP contribution in [0.25, 0.3) is 0 Å². The number of benzene rings is 1. The van der Waals surface area contributed by atoms with Gasteiger partial charge in [-0.2, -0.15) is 0 Å². The van der Waals surface area contributed by atoms with Crippen LogP contribution < -0.4 is 4.90 Å². The molecule has 1 fully saturated rings. The lowest BCUT2D eigenvalue weighted by Gasteiger charge is -2.40. The van der Waals surface area contributed by atoms with Crippen LogP contribution >= 0.6 is 15.9 Å². The zero-order chi connectivity index (χ0) is 14.9. The number of aliphatic hydroxyl groups excluding tert-OH is 1. The molecule has 1 atom stereocenters. The highest BCUT2D eigenvalue weighted by Crippen LogP contribution is 2.37. The Morgan fingerprint density at radius 2 is 1.85 bits per heavy atom. The Labute approximate surface area is 131 Å². The fourth-order valence-corrected chi connectivity index (χ4v) is 3.51. The maximum absolute atomic E-state index is 9.99. The first-order valence-corrected chi connectivity index (χ1v) is 8.31. The molecule has 1 aromatic carbocycles. The van der Waals surface area contributed by atoms with Crippen LogP contribution in [0.4, 0.5) is 5.69 Å². The Bertz CT molecular complexity index is 457. The van der Waals surface area contributed by atoms with E-state index in [0.717, 1.165) is 29.0 Å². The number of aliphatic hydroxyl groups is 1. The topological polar surface area (TPSA) is 23.5 Å². The summed E-state index contributed by atoms with van der Waals surface area (Å²) < 4.78 is 1.03. The van der Waals surface area contributed by atoms with Gasteiger partial charge in [0.05, 0.1) is 6.10 Å². The summed E-state index contributed by atoms with van der Waals surface area (Å²) in [5.74, 6) is 0.796. The summed E-state index contributed by atoms with van der Waals surface area (Å²) >= 11 is 3.49. The standard InChI is InChI=1S/C17H26BrNO/c1-12(20)15-11-14(18)5-6-16(15)19-9-7-13(8-10-19)17(2,3)4/h5-6,11-13,20H,7-10H2,1-4H3. The second kappa shape index (κ2) is 6.07. The first-order valence-electron chi connectivity index (χ1n) is 7.51. The number of hydrogen-bond donors (Lipinski definition) is 1. The molecule has 3 heteroatoms. The van der Waals surface area contributed by atoms with Crippen molar-refractivity contribution in [1.82, 2.24) is 0 Å². The zero-order valence-electron chi connectivity index (χ0n) is 13.0. The van der Waals surface area contributed by atoms with Crippen molar-refractivity contribution >= 4 is 21.6 Å². The molecule has 0 bridgehead atoms. The molecule has 1 heterocycles. The molecule has 0 radical (unpaired) electrons. The third kappa shape index (κ3) is 3.56. The van der Waals surface area contributed by atoms with Gasteiger partial charge in [0.15, 0.2) is 0 Å². The van der Waals surface area contributed by atoms with Crippen LogP contribution in [0.5, 0.6) is 0 Å². The van der Waals surface area contributed by atoms with E-state index < -0.39 is 6.10 Å². The second-order valence-corrected chi connectivity index (χ2v) is 7.92. The summed E-state index contributed by atoms with van der Waals surface area (Å²) in [6.07, 6.45) is 2.04. The summed E-state index contributed by atoms with van der Waals surface area (Å²) in [5, 5.41) is 9.99. The van der Waals surface area contributed by atoms with Crippen LogP contribution in [0.3, 0.4) is 0 Å². The zero-order valence-corrected chi connectivity index (χ0v) is 14.6. The largest absolute Gasteiger partial charge is 0.389 e. The van der Waals surface area contributed by atoms with E-state index >= 15 is 0 Å². The third-order valence-electron chi connectivity index (χ3n) is 4.50. The molecule has 0 saturated carbocycles. The average molecular weight is 340 g/mol. The third-order valence-corrected chi connectivity index (χ3v) is 4.99. The van der Waals surface area contributed by atoms with Crippen molar-refractivity contribution in [3.8, 4) is 0 Å². The fraction of sp³-hybridized carbons (Fsp3) is 0.647. The van der Waals surface area contributed by atoms with Gasteiger partial charge < -0.3 is 10.0 Å². The number of nitrogens with zero attached hydrogens (tertiary/aromatic N) is 1. The van der Waals surface area contributed by atoms with Gasteiger partial charge in [-0.25, -0.2) is 0 Å². The molecule has 1 N–H and O–H groups in total. The first-order chi connectivity index (χ1) is 9.29. The van der Waals surface area contributed by atoms with E-state index in [-0.39, 0.29) is 0 Å². The molecular formula is C17H26BrNO. The van der Waals surface area contributed by atoms with Crippen LogP contribution in [-0.2, 0) is 0 Å². The van der Waals surface area contributed by atoms with Crippen molar-refractivity contribution in [2.75, 3.05) is 18.0 Å². The van der Waals surface area contributed by atoms with Gasteiger partial charge in [-0.15, -0.1) is 0 Å². The monoisotopic (exact) mass is 339 g/mol. The number of hydrogen-bond acceptors (Lipinski definition) is 2. The van der Waals surface area contributed by atoms with Gasteiger partial charge in [0.25, 0.3) is 0 Å². The molecule has 1 aliphatic heterocycles. The molecule has 0 aliphatic carbocycles. The molecule has 1 saturated heterocycles. The summed E-state index contributed by atoms with van der Waals surface area (Å²) in [6.45, 7) is 11.0. The van der Waals surface area contributed by atoms with E-state index in [1.54, 1.807) is 0 Å². The van der Waals surface area contributed by atoms with Gasteiger partial charge in [-0.3, -0.25) is 0 Å². The molecule has 20 heavy (non-hydrogen) atoms. The molecule has 112 valence electrons. The fourth-order valence-electron chi connectivity index (χ4n) is 3.13. The number of piperidine rings is 1. The van der Waals surface area contributed by atoms with Crippen LogP contribution in [0.15, 0.2) is 22.7 Å². The number of halogens is 1. The normalized spacial score (nSPS) is 19.2. The van der Waals surface area contributed by atoms with Crippen molar-refractivity contribution in [2.45, 2.75) is 46.6 Å². The summed E-state index contributed by atoms with van der Waals surface area (Å²) in [5.41, 5.74) is 2.61. The van der Waals surface area contributed by atoms with Crippen molar-refractivity contribution in [3.05, 3.63) is 28.2 Å². The van der Waals surface area contributed by atoms with Crippen LogP contribution in [0.2, 0.25) is 0 Å². The average Bonchev–Trinajstić information content (AvgIpc) is 2.37. The van der Waals surface area contributed by atoms with Gasteiger partial charge >= 0.3 is 0 Å². The smallest absolute Gasteiger partial charge is 0.0782 e. The quantitative estimate of drug-likeness (QED) is 0.839. The highest BCUT2D eigenvalue weighted by atomic mass is 79.9. The maximum atomic E-state index is 9.99. The maximum Gasteiger partial charge on any atom is 0.0782 e. The second-order valence-electron chi connectivity index (χ2n) is 7.01. The van der Waals surface area contributed by atoms with E-state index in [1.807, 2.05) is 13.0 Å². The minimum atomic E-state index is -0.428. The van der Waals surface area contributed by atoms with Crippen molar-refractivity contribution < 1.29 is 5.11 Å². The highest BCUT2D eigenvalue weighted by molar-refractivity contribution is 9.10. The molecule has 0 spiro atoms. The Morgan fingerprint density at radius 3 is 2.35 bits per heavy atom. The minimum Gasteiger partial charge on any atom is -0.389 e. The lowest BCUT2D eigenvalue weighted by molar-refractivity contribution is 0.193. The highest BCUT2D eigenvalue weighted by Gasteiger charge is 2.29. The number of anilines is 1. The lowest BCUT2D eigenvalue weighted by Crippen LogP contribution is -2.38. The Morgan fingerprint density at radius 1 is 1.25 bits per heavy atom. The van der Waals surface area contributed by atoms with Crippen molar-refractivity contribution in [3.63, 3.8) is 0 Å². The van der Waals surface area contributed by atoms with Gasteiger partial charge in [0.2, 0.25) is 0 Å². The van der Waals surface area contributed by atoms with Crippen LogP contribution in [-0.4, -0.2) is 18.2 Å². The Balaban J connectivity index is 2.15. The SMILES string of the molecule is CC(O)c1cc(Br)ccc1N1CCC(C(C)(C)C)CC1. The molecule has 1 aliphatic rings. The van der Waals surface area contributed by atoms with Crippen LogP contribution in [0.1, 0.15) is 52.2 Å². The van der Waals surface area contributed by atoms with E-state index in [1.165, 1.54) is 18.5 Å². The van der Waals surface area contributed by atoms with Crippen molar-refractivity contribution in [1.29, 1.82) is 0 Å². The molecule has 0 amide bonds. The Hall–Kier alpha value is -0.540. The van der Waals surface area contributed by atoms with E-state index in [0.29, 0.717) is 5.41 Å². The molecule has 2 nitrogen and oxygen atoms in total. The Kier molecular flexibility index (Phi) is 4.80. The summed E-state index contributed by atoms with van der Waals surface area (Å²) in [6, 6.07) is 6.23. The van der Waals surface area contributed by atoms with Gasteiger partial charge in [-0.05, 0) is 49.3 Å². The lowest BCUT2D eigenvalue weighted by atomic mass is 9.75.